The number of amides is 4. The Balaban J connectivity index is 0.780. The van der Waals surface area contributed by atoms with Crippen LogP contribution in [0.2, 0.25) is 0 Å². The summed E-state index contributed by atoms with van der Waals surface area (Å²) in [4.78, 5) is 86.3. The van der Waals surface area contributed by atoms with Crippen LogP contribution in [0, 0.1) is 17.8 Å². The Hall–Kier alpha value is -4.86. The highest BCUT2D eigenvalue weighted by atomic mass is 16.5. The number of hydrogen-bond acceptors (Lipinski definition) is 11. The van der Waals surface area contributed by atoms with Gasteiger partial charge in [-0.2, -0.15) is 0 Å². The molecule has 2 aromatic carbocycles. The molecule has 0 bridgehead atoms. The van der Waals surface area contributed by atoms with Crippen LogP contribution in [-0.4, -0.2) is 129 Å². The van der Waals surface area contributed by atoms with Crippen molar-refractivity contribution in [3.63, 3.8) is 0 Å². The molecule has 4 aliphatic carbocycles. The first-order chi connectivity index (χ1) is 35.5. The number of benzene rings is 2. The molecule has 0 radical (unpaired) electrons. The Morgan fingerprint density at radius 2 is 1.19 bits per heavy atom. The quantitative estimate of drug-likeness (QED) is 0.0824. The topological polar surface area (TPSA) is 185 Å². The second-order valence-corrected chi connectivity index (χ2v) is 21.9. The number of ketones is 2. The number of ether oxygens (including phenoxy) is 3. The van der Waals surface area contributed by atoms with Crippen molar-refractivity contribution in [2.24, 2.45) is 17.8 Å². The van der Waals surface area contributed by atoms with Crippen molar-refractivity contribution in [2.75, 3.05) is 53.6 Å². The van der Waals surface area contributed by atoms with E-state index in [2.05, 4.69) is 27.3 Å². The average Bonchev–Trinajstić information content (AvgIpc) is 4.27. The summed E-state index contributed by atoms with van der Waals surface area (Å²) in [6, 6.07) is 9.49. The van der Waals surface area contributed by atoms with E-state index in [0.29, 0.717) is 58.8 Å². The molecule has 15 nitrogen and oxygen atoms in total. The van der Waals surface area contributed by atoms with Crippen molar-refractivity contribution in [3.05, 3.63) is 58.7 Å². The number of fused-ring (bicyclic) bond motifs is 2. The predicted octanol–water partition coefficient (Wildman–Crippen LogP) is 6.67. The Kier molecular flexibility index (Phi) is 19.4. The van der Waals surface area contributed by atoms with Crippen LogP contribution in [0.4, 0.5) is 0 Å². The summed E-state index contributed by atoms with van der Waals surface area (Å²) >= 11 is 0. The van der Waals surface area contributed by atoms with E-state index in [0.717, 1.165) is 130 Å². The molecule has 2 aromatic rings. The zero-order chi connectivity index (χ0) is 51.4. The standard InChI is InChI=1S/C58H84N6O9/c1-37(59-3)50(65)36-46(39-15-7-5-8-16-39)57(69)63-29-13-21-48(63)51(66)35-41-25-26-44-42(41)19-11-23-52(44)72-33-31-71-32-34-73-53-24-12-20-43-45(53)27-28-47(43)61-56(68)49-22-14-30-64(49)58(70)54(40-17-9-6-10-18-40)62-55(67)38(2)60-4/h11-12,19-20,23-24,37-41,46-49,54,59-60H,5-10,13-18,21-22,25-36H2,1-4H3,(H,61,68)(H,62,67)/t37-,38-,41-,46-,47+,48-,49-,54-/m0/s1. The van der Waals surface area contributed by atoms with Crippen LogP contribution in [0.3, 0.4) is 0 Å². The van der Waals surface area contributed by atoms with Crippen molar-refractivity contribution in [1.29, 1.82) is 0 Å². The first kappa shape index (κ1) is 54.4. The van der Waals surface area contributed by atoms with Crippen LogP contribution in [0.15, 0.2) is 36.4 Å². The van der Waals surface area contributed by atoms with E-state index in [4.69, 9.17) is 14.2 Å². The fourth-order valence-electron chi connectivity index (χ4n) is 13.0. The monoisotopic (exact) mass is 1010 g/mol. The summed E-state index contributed by atoms with van der Waals surface area (Å²) < 4.78 is 18.5. The number of Topliss-reactive ketones (excluding diaryl/α,β-unsaturated/α-hetero) is 2. The van der Waals surface area contributed by atoms with Gasteiger partial charge < -0.3 is 45.3 Å². The SMILES string of the molecule is CN[C@@H](C)C(=O)C[C@H](C(=O)N1CCC[C@H]1C(=O)C[C@@H]1CCc2c(OCCOCCOc3cccc4c3CC[C@H]4NC(=O)[C@@H]3CCCN3C(=O)[C@@H](NC(=O)[C@H](C)NC)C3CCCCC3)cccc21)C1CCCCC1. The summed E-state index contributed by atoms with van der Waals surface area (Å²) in [6.07, 6.45) is 16.9. The first-order valence-corrected chi connectivity index (χ1v) is 28.2. The van der Waals surface area contributed by atoms with E-state index in [1.165, 1.54) is 6.42 Å². The fourth-order valence-corrected chi connectivity index (χ4v) is 13.0. The highest BCUT2D eigenvalue weighted by molar-refractivity contribution is 5.95. The van der Waals surface area contributed by atoms with Gasteiger partial charge in [-0.15, -0.1) is 0 Å². The summed E-state index contributed by atoms with van der Waals surface area (Å²) in [5.74, 6) is 1.25. The summed E-state index contributed by atoms with van der Waals surface area (Å²) in [5, 5.41) is 12.4. The van der Waals surface area contributed by atoms with Crippen LogP contribution in [-0.2, 0) is 46.3 Å². The van der Waals surface area contributed by atoms with Crippen molar-refractivity contribution in [2.45, 2.75) is 184 Å². The molecule has 4 amide bonds. The second kappa shape index (κ2) is 26.1. The van der Waals surface area contributed by atoms with E-state index in [9.17, 15) is 28.8 Å². The maximum atomic E-state index is 14.3. The molecule has 0 spiro atoms. The maximum Gasteiger partial charge on any atom is 0.246 e. The third-order valence-electron chi connectivity index (χ3n) is 17.4. The summed E-state index contributed by atoms with van der Waals surface area (Å²) in [6.45, 7) is 6.20. The predicted molar refractivity (Wildman–Crippen MR) is 279 cm³/mol. The van der Waals surface area contributed by atoms with Gasteiger partial charge in [-0.1, -0.05) is 62.8 Å². The second-order valence-electron chi connectivity index (χ2n) is 21.9. The number of carbonyl (C=O) groups is 6. The van der Waals surface area contributed by atoms with Gasteiger partial charge in [-0.05, 0) is 157 Å². The van der Waals surface area contributed by atoms with Crippen LogP contribution < -0.4 is 30.7 Å². The van der Waals surface area contributed by atoms with E-state index < -0.39 is 24.2 Å². The van der Waals surface area contributed by atoms with E-state index in [-0.39, 0.29) is 77.4 Å². The number of hydrogen-bond donors (Lipinski definition) is 4. The lowest BCUT2D eigenvalue weighted by atomic mass is 9.76. The lowest BCUT2D eigenvalue weighted by molar-refractivity contribution is -0.144. The molecule has 73 heavy (non-hydrogen) atoms. The molecule has 2 saturated heterocycles. The Bertz CT molecular complexity index is 2090. The molecule has 0 aromatic heterocycles. The van der Waals surface area contributed by atoms with Gasteiger partial charge in [-0.25, -0.2) is 0 Å². The average molecular weight is 1010 g/mol. The maximum absolute atomic E-state index is 14.3. The fraction of sp³-hybridized carbons (Fsp3) is 0.690. The molecular weight excluding hydrogens is 925 g/mol. The summed E-state index contributed by atoms with van der Waals surface area (Å²) in [7, 11) is 3.51. The molecule has 8 rings (SSSR count). The molecular formula is C58H84N6O9. The Labute approximate surface area is 433 Å². The van der Waals surface area contributed by atoms with Gasteiger partial charge in [0.2, 0.25) is 23.6 Å². The molecule has 400 valence electrons. The van der Waals surface area contributed by atoms with Gasteiger partial charge in [0.05, 0.1) is 37.4 Å². The molecule has 2 aliphatic heterocycles. The van der Waals surface area contributed by atoms with Crippen LogP contribution in [0.25, 0.3) is 0 Å². The number of likely N-dealkylation sites (N-methyl/N-ethyl adjacent to an activating group) is 2. The molecule has 6 aliphatic rings. The molecule has 0 unspecified atom stereocenters. The van der Waals surface area contributed by atoms with Gasteiger partial charge in [-0.3, -0.25) is 28.8 Å². The highest BCUT2D eigenvalue weighted by Gasteiger charge is 2.44. The lowest BCUT2D eigenvalue weighted by Crippen LogP contribution is -2.58. The zero-order valence-electron chi connectivity index (χ0n) is 44.2. The van der Waals surface area contributed by atoms with Crippen molar-refractivity contribution in [1.82, 2.24) is 31.1 Å². The smallest absolute Gasteiger partial charge is 0.246 e. The molecule has 2 saturated carbocycles. The zero-order valence-corrected chi connectivity index (χ0v) is 44.2. The molecule has 4 N–H and O–H groups in total. The first-order valence-electron chi connectivity index (χ1n) is 28.2. The molecule has 8 atom stereocenters. The number of carbonyl (C=O) groups excluding carboxylic acids is 6. The minimum absolute atomic E-state index is 0.00175. The van der Waals surface area contributed by atoms with Gasteiger partial charge in [0.25, 0.3) is 0 Å². The van der Waals surface area contributed by atoms with Crippen molar-refractivity contribution >= 4 is 35.2 Å². The van der Waals surface area contributed by atoms with E-state index in [1.54, 1.807) is 25.9 Å². The number of nitrogens with zero attached hydrogens (tertiary/aromatic N) is 2. The van der Waals surface area contributed by atoms with Crippen LogP contribution >= 0.6 is 0 Å². The highest BCUT2D eigenvalue weighted by Crippen LogP contribution is 2.42. The largest absolute Gasteiger partial charge is 0.491 e. The van der Waals surface area contributed by atoms with Crippen LogP contribution in [0.1, 0.15) is 164 Å². The normalized spacial score (nSPS) is 23.8. The van der Waals surface area contributed by atoms with Gasteiger partial charge in [0.15, 0.2) is 5.78 Å². The van der Waals surface area contributed by atoms with E-state index >= 15 is 0 Å². The number of likely N-dealkylation sites (tertiary alicyclic amines) is 2. The number of nitrogens with one attached hydrogen (secondary N) is 4. The van der Waals surface area contributed by atoms with Gasteiger partial charge >= 0.3 is 0 Å². The summed E-state index contributed by atoms with van der Waals surface area (Å²) in [5.41, 5.74) is 4.40. The van der Waals surface area contributed by atoms with Crippen molar-refractivity contribution in [3.8, 4) is 11.5 Å². The van der Waals surface area contributed by atoms with E-state index in [1.807, 2.05) is 42.2 Å². The molecule has 15 heteroatoms. The minimum atomic E-state index is -0.637. The lowest BCUT2D eigenvalue weighted by Gasteiger charge is -2.35. The van der Waals surface area contributed by atoms with Gasteiger partial charge in [0.1, 0.15) is 42.6 Å². The van der Waals surface area contributed by atoms with Gasteiger partial charge in [0, 0.05) is 31.8 Å². The molecule has 2 heterocycles. The molecule has 4 fully saturated rings. The van der Waals surface area contributed by atoms with Crippen molar-refractivity contribution < 1.29 is 43.0 Å². The minimum Gasteiger partial charge on any atom is -0.491 e. The van der Waals surface area contributed by atoms with Crippen LogP contribution in [0.5, 0.6) is 11.5 Å². The Morgan fingerprint density at radius 3 is 1.84 bits per heavy atom. The third-order valence-corrected chi connectivity index (χ3v) is 17.4. The number of rotatable bonds is 24. The Morgan fingerprint density at radius 1 is 0.616 bits per heavy atom. The third kappa shape index (κ3) is 13.2.